The Hall–Kier alpha value is -2.10. The van der Waals surface area contributed by atoms with Gasteiger partial charge in [0.25, 0.3) is 0 Å². The summed E-state index contributed by atoms with van der Waals surface area (Å²) >= 11 is 0. The minimum atomic E-state index is -0.676. The number of esters is 1. The van der Waals surface area contributed by atoms with Crippen molar-refractivity contribution in [2.45, 2.75) is 180 Å². The molecule has 0 amide bonds. The predicted octanol–water partition coefficient (Wildman–Crippen LogP) is 12.0. The second-order valence-electron chi connectivity index (χ2n) is 11.7. The zero-order valence-electron chi connectivity index (χ0n) is 27.5. The molecule has 0 aromatic rings. The van der Waals surface area contributed by atoms with Crippen molar-refractivity contribution in [1.82, 2.24) is 0 Å². The summed E-state index contributed by atoms with van der Waals surface area (Å²) in [6, 6.07) is 0. The molecule has 0 bridgehead atoms. The minimum Gasteiger partial charge on any atom is -0.481 e. The second kappa shape index (κ2) is 33.4. The molecule has 0 spiro atoms. The van der Waals surface area contributed by atoms with Crippen LogP contribution >= 0.6 is 0 Å². The number of carboxylic acids is 1. The number of carboxylic acid groups (broad SMARTS) is 1. The highest BCUT2D eigenvalue weighted by molar-refractivity contribution is 5.69. The third kappa shape index (κ3) is 32.4. The van der Waals surface area contributed by atoms with Gasteiger partial charge in [0.1, 0.15) is 6.10 Å². The number of ether oxygens (including phenoxy) is 1. The summed E-state index contributed by atoms with van der Waals surface area (Å²) in [7, 11) is 0. The Balaban J connectivity index is 3.86. The molecule has 0 aromatic carbocycles. The Labute approximate surface area is 260 Å². The Morgan fingerprint density at radius 3 is 1.52 bits per heavy atom. The Kier molecular flexibility index (Phi) is 31.7. The van der Waals surface area contributed by atoms with E-state index >= 15 is 0 Å². The number of unbranched alkanes of at least 4 members (excludes halogenated alkanes) is 14. The van der Waals surface area contributed by atoms with E-state index < -0.39 is 5.97 Å². The normalized spacial score (nSPS) is 12.8. The first kappa shape index (κ1) is 39.9. The van der Waals surface area contributed by atoms with E-state index in [0.29, 0.717) is 12.8 Å². The maximum absolute atomic E-state index is 12.5. The monoisotopic (exact) mass is 586 g/mol. The van der Waals surface area contributed by atoms with Crippen molar-refractivity contribution in [3.63, 3.8) is 0 Å². The molecule has 242 valence electrons. The average molecular weight is 587 g/mol. The van der Waals surface area contributed by atoms with Crippen LogP contribution in [0.1, 0.15) is 174 Å². The van der Waals surface area contributed by atoms with E-state index in [9.17, 15) is 9.59 Å². The topological polar surface area (TPSA) is 63.6 Å². The van der Waals surface area contributed by atoms with Crippen LogP contribution < -0.4 is 0 Å². The quantitative estimate of drug-likeness (QED) is 0.0498. The number of allylic oxidation sites excluding steroid dienone is 8. The molecule has 0 saturated heterocycles. The van der Waals surface area contributed by atoms with E-state index in [1.165, 1.54) is 57.8 Å². The molecule has 1 unspecified atom stereocenters. The fraction of sp³-hybridized carbons (Fsp3) is 0.737. The van der Waals surface area contributed by atoms with Crippen LogP contribution in [0.3, 0.4) is 0 Å². The predicted molar refractivity (Wildman–Crippen MR) is 181 cm³/mol. The molecule has 1 N–H and O–H groups in total. The summed E-state index contributed by atoms with van der Waals surface area (Å²) < 4.78 is 5.92. The van der Waals surface area contributed by atoms with Gasteiger partial charge in [0.15, 0.2) is 0 Å². The summed E-state index contributed by atoms with van der Waals surface area (Å²) in [5.41, 5.74) is 0. The van der Waals surface area contributed by atoms with Gasteiger partial charge in [-0.15, -0.1) is 0 Å². The Morgan fingerprint density at radius 2 is 1.00 bits per heavy atom. The van der Waals surface area contributed by atoms with Gasteiger partial charge in [-0.2, -0.15) is 0 Å². The highest BCUT2D eigenvalue weighted by atomic mass is 16.5. The Morgan fingerprint density at radius 1 is 0.548 bits per heavy atom. The third-order valence-corrected chi connectivity index (χ3v) is 7.57. The summed E-state index contributed by atoms with van der Waals surface area (Å²) in [5, 5.41) is 8.67. The van der Waals surface area contributed by atoms with E-state index in [4.69, 9.17) is 9.84 Å². The summed E-state index contributed by atoms with van der Waals surface area (Å²) in [4.78, 5) is 23.0. The molecule has 0 radical (unpaired) electrons. The molecular weight excluding hydrogens is 520 g/mol. The molecule has 0 heterocycles. The van der Waals surface area contributed by atoms with Crippen LogP contribution in [-0.2, 0) is 14.3 Å². The molecule has 4 nitrogen and oxygen atoms in total. The number of hydrogen-bond donors (Lipinski definition) is 1. The average Bonchev–Trinajstić information content (AvgIpc) is 2.97. The van der Waals surface area contributed by atoms with Crippen molar-refractivity contribution in [1.29, 1.82) is 0 Å². The van der Waals surface area contributed by atoms with E-state index in [0.717, 1.165) is 89.9 Å². The molecule has 0 aliphatic rings. The van der Waals surface area contributed by atoms with Gasteiger partial charge in [-0.05, 0) is 77.0 Å². The van der Waals surface area contributed by atoms with Crippen molar-refractivity contribution in [3.8, 4) is 0 Å². The molecule has 4 heteroatoms. The lowest BCUT2D eigenvalue weighted by Crippen LogP contribution is -2.18. The molecule has 1 atom stereocenters. The fourth-order valence-corrected chi connectivity index (χ4v) is 5.00. The van der Waals surface area contributed by atoms with Crippen LogP contribution in [0.2, 0.25) is 0 Å². The lowest BCUT2D eigenvalue weighted by molar-refractivity contribution is -0.150. The van der Waals surface area contributed by atoms with E-state index in [2.05, 4.69) is 62.5 Å². The second-order valence-corrected chi connectivity index (χ2v) is 11.7. The summed E-state index contributed by atoms with van der Waals surface area (Å²) in [5.74, 6) is -0.686. The first-order chi connectivity index (χ1) is 20.6. The van der Waals surface area contributed by atoms with E-state index in [1.54, 1.807) is 0 Å². The van der Waals surface area contributed by atoms with Crippen LogP contribution in [-0.4, -0.2) is 23.1 Å². The van der Waals surface area contributed by atoms with Gasteiger partial charge in [-0.1, -0.05) is 133 Å². The number of rotatable bonds is 31. The smallest absolute Gasteiger partial charge is 0.306 e. The van der Waals surface area contributed by atoms with Crippen LogP contribution in [0.5, 0.6) is 0 Å². The molecule has 42 heavy (non-hydrogen) atoms. The SMILES string of the molecule is CC/C=C\C/C=C\C/C=C\C/C=C\CCCCC(=O)OC(CCCCC)CCCCCCCCCCCCCC(=O)O. The molecular formula is C38H66O4. The standard InChI is InChI=1S/C38H66O4/c1-3-5-7-8-9-10-11-12-13-14-18-21-24-27-31-35-38(41)42-36(32-28-6-4-2)33-29-25-22-19-16-15-17-20-23-26-30-34-37(39)40/h5,7,9-10,12-13,18,21,36H,3-4,6,8,11,14-17,19-20,22-35H2,1-2H3,(H,39,40)/b7-5-,10-9-,13-12-,21-18-. The zero-order chi connectivity index (χ0) is 30.8. The first-order valence-corrected chi connectivity index (χ1v) is 17.6. The highest BCUT2D eigenvalue weighted by Gasteiger charge is 2.14. The third-order valence-electron chi connectivity index (χ3n) is 7.57. The maximum Gasteiger partial charge on any atom is 0.306 e. The molecule has 0 rings (SSSR count). The van der Waals surface area contributed by atoms with Crippen LogP contribution in [0.15, 0.2) is 48.6 Å². The molecule has 0 aliphatic carbocycles. The van der Waals surface area contributed by atoms with Gasteiger partial charge in [0, 0.05) is 12.8 Å². The molecule has 0 fully saturated rings. The summed E-state index contributed by atoms with van der Waals surface area (Å²) in [6.07, 6.45) is 44.4. The molecule has 0 saturated carbocycles. The number of carbonyl (C=O) groups excluding carboxylic acids is 1. The first-order valence-electron chi connectivity index (χ1n) is 17.6. The number of carbonyl (C=O) groups is 2. The van der Waals surface area contributed by atoms with Crippen molar-refractivity contribution in [3.05, 3.63) is 48.6 Å². The largest absolute Gasteiger partial charge is 0.481 e. The van der Waals surface area contributed by atoms with Crippen molar-refractivity contribution >= 4 is 11.9 Å². The molecule has 0 aromatic heterocycles. The lowest BCUT2D eigenvalue weighted by Gasteiger charge is -2.18. The van der Waals surface area contributed by atoms with Crippen molar-refractivity contribution in [2.24, 2.45) is 0 Å². The minimum absolute atomic E-state index is 0.00962. The number of hydrogen-bond acceptors (Lipinski definition) is 3. The van der Waals surface area contributed by atoms with Crippen molar-refractivity contribution in [2.75, 3.05) is 0 Å². The van der Waals surface area contributed by atoms with Gasteiger partial charge in [-0.3, -0.25) is 9.59 Å². The van der Waals surface area contributed by atoms with Gasteiger partial charge >= 0.3 is 11.9 Å². The van der Waals surface area contributed by atoms with Gasteiger partial charge < -0.3 is 9.84 Å². The Bertz CT molecular complexity index is 719. The zero-order valence-corrected chi connectivity index (χ0v) is 27.5. The van der Waals surface area contributed by atoms with Crippen molar-refractivity contribution < 1.29 is 19.4 Å². The number of aliphatic carboxylic acids is 1. The van der Waals surface area contributed by atoms with E-state index in [1.807, 2.05) is 0 Å². The highest BCUT2D eigenvalue weighted by Crippen LogP contribution is 2.18. The lowest BCUT2D eigenvalue weighted by atomic mass is 10.0. The maximum atomic E-state index is 12.5. The molecule has 0 aliphatic heterocycles. The fourth-order valence-electron chi connectivity index (χ4n) is 5.00. The van der Waals surface area contributed by atoms with Crippen LogP contribution in [0, 0.1) is 0 Å². The van der Waals surface area contributed by atoms with Crippen LogP contribution in [0.4, 0.5) is 0 Å². The van der Waals surface area contributed by atoms with Gasteiger partial charge in [0.05, 0.1) is 0 Å². The van der Waals surface area contributed by atoms with Gasteiger partial charge in [0.2, 0.25) is 0 Å². The van der Waals surface area contributed by atoms with Crippen LogP contribution in [0.25, 0.3) is 0 Å². The summed E-state index contributed by atoms with van der Waals surface area (Å²) in [6.45, 7) is 4.38. The van der Waals surface area contributed by atoms with Gasteiger partial charge in [-0.25, -0.2) is 0 Å². The van der Waals surface area contributed by atoms with E-state index in [-0.39, 0.29) is 12.1 Å².